The van der Waals surface area contributed by atoms with E-state index in [0.29, 0.717) is 0 Å². The van der Waals surface area contributed by atoms with Crippen molar-refractivity contribution in [1.29, 1.82) is 0 Å². The quantitative estimate of drug-likeness (QED) is 0.523. The Labute approximate surface area is 162 Å². The third kappa shape index (κ3) is 2.62. The zero-order valence-corrected chi connectivity index (χ0v) is 16.3. The minimum atomic E-state index is -1.04. The largest absolute Gasteiger partial charge is 0.510 e. The predicted molar refractivity (Wildman–Crippen MR) is 106 cm³/mol. The van der Waals surface area contributed by atoms with Crippen molar-refractivity contribution in [1.82, 2.24) is 0 Å². The molecule has 2 aromatic rings. The lowest BCUT2D eigenvalue weighted by molar-refractivity contribution is 0.329. The second-order valence-corrected chi connectivity index (χ2v) is 8.17. The number of alkyl halides is 2. The molecular weight excluding hydrogens is 448 g/mol. The minimum absolute atomic E-state index is 0.105. The van der Waals surface area contributed by atoms with Crippen LogP contribution in [0.2, 0.25) is 0 Å². The first-order valence-electron chi connectivity index (χ1n) is 7.55. The summed E-state index contributed by atoms with van der Waals surface area (Å²) in [6, 6.07) is 13.4. The number of hydrogen-bond acceptors (Lipinski definition) is 3. The van der Waals surface area contributed by atoms with Crippen LogP contribution in [0.15, 0.2) is 84.7 Å². The highest BCUT2D eigenvalue weighted by Crippen LogP contribution is 2.62. The molecule has 0 aliphatic heterocycles. The van der Waals surface area contributed by atoms with Crippen molar-refractivity contribution < 1.29 is 15.3 Å². The predicted octanol–water partition coefficient (Wildman–Crippen LogP) is 5.55. The van der Waals surface area contributed by atoms with Gasteiger partial charge in [-0.05, 0) is 47.0 Å². The van der Waals surface area contributed by atoms with E-state index in [1.54, 1.807) is 66.8 Å². The number of rotatable bonds is 3. The van der Waals surface area contributed by atoms with Gasteiger partial charge in [-0.15, -0.1) is 0 Å². The first kappa shape index (κ1) is 17.8. The molecule has 0 spiro atoms. The Hall–Kier alpha value is -1.98. The molecule has 25 heavy (non-hydrogen) atoms. The molecule has 0 saturated carbocycles. The molecule has 3 nitrogen and oxygen atoms in total. The highest BCUT2D eigenvalue weighted by atomic mass is 79.9. The van der Waals surface area contributed by atoms with Crippen LogP contribution in [0.25, 0.3) is 0 Å². The molecule has 0 saturated heterocycles. The van der Waals surface area contributed by atoms with Crippen molar-refractivity contribution in [2.45, 2.75) is 8.65 Å². The van der Waals surface area contributed by atoms with Gasteiger partial charge in [0.1, 0.15) is 25.9 Å². The Morgan fingerprint density at radius 3 is 1.60 bits per heavy atom. The summed E-state index contributed by atoms with van der Waals surface area (Å²) in [5.74, 6) is 0.404. The van der Waals surface area contributed by atoms with Crippen LogP contribution in [0.3, 0.4) is 0 Å². The van der Waals surface area contributed by atoms with Gasteiger partial charge in [-0.25, -0.2) is 0 Å². The summed E-state index contributed by atoms with van der Waals surface area (Å²) in [6.45, 7) is 3.90. The Balaban J connectivity index is 2.31. The first-order valence-corrected chi connectivity index (χ1v) is 9.14. The lowest BCUT2D eigenvalue weighted by atomic mass is 9.72. The zero-order chi connectivity index (χ0) is 18.2. The fourth-order valence-corrected chi connectivity index (χ4v) is 4.92. The molecule has 2 aromatic carbocycles. The standard InChI is InChI=1S/C20H16Br2O3/c1-2-13-7-12-18(25)20(22,15-5-10-17(24)11-6-15)19(13,21)14-3-8-16(23)9-4-14/h2-12,23-25H,1H2. The van der Waals surface area contributed by atoms with E-state index in [0.717, 1.165) is 16.7 Å². The van der Waals surface area contributed by atoms with Crippen LogP contribution in [0, 0.1) is 0 Å². The number of aromatic hydroxyl groups is 2. The van der Waals surface area contributed by atoms with Crippen LogP contribution in [0.1, 0.15) is 11.1 Å². The van der Waals surface area contributed by atoms with E-state index in [9.17, 15) is 15.3 Å². The van der Waals surface area contributed by atoms with E-state index in [-0.39, 0.29) is 17.3 Å². The number of phenols is 2. The number of hydrogen-bond donors (Lipinski definition) is 3. The molecule has 0 fully saturated rings. The molecule has 3 N–H and O–H groups in total. The molecule has 2 unspecified atom stereocenters. The monoisotopic (exact) mass is 462 g/mol. The van der Waals surface area contributed by atoms with Crippen molar-refractivity contribution >= 4 is 31.9 Å². The van der Waals surface area contributed by atoms with E-state index in [2.05, 4.69) is 38.4 Å². The fraction of sp³-hybridized carbons (Fsp3) is 0.100. The van der Waals surface area contributed by atoms with E-state index in [1.165, 1.54) is 0 Å². The van der Waals surface area contributed by atoms with Crippen molar-refractivity contribution in [3.63, 3.8) is 0 Å². The molecule has 3 rings (SSSR count). The highest BCUT2D eigenvalue weighted by Gasteiger charge is 2.56. The maximum atomic E-state index is 10.8. The van der Waals surface area contributed by atoms with Gasteiger partial charge in [0.15, 0.2) is 0 Å². The molecule has 0 bridgehead atoms. The lowest BCUT2D eigenvalue weighted by Crippen LogP contribution is -2.44. The SMILES string of the molecule is C=CC1=CC=C(O)C(Br)(c2ccc(O)cc2)C1(Br)c1ccc(O)cc1. The summed E-state index contributed by atoms with van der Waals surface area (Å²) in [5.41, 5.74) is 2.40. The van der Waals surface area contributed by atoms with Crippen LogP contribution in [-0.2, 0) is 8.65 Å². The smallest absolute Gasteiger partial charge is 0.131 e. The van der Waals surface area contributed by atoms with Crippen LogP contribution in [-0.4, -0.2) is 15.3 Å². The van der Waals surface area contributed by atoms with Gasteiger partial charge in [0.05, 0.1) is 0 Å². The molecule has 0 aromatic heterocycles. The van der Waals surface area contributed by atoms with Crippen LogP contribution in [0.5, 0.6) is 11.5 Å². The van der Waals surface area contributed by atoms with Crippen molar-refractivity contribution in [3.8, 4) is 11.5 Å². The second-order valence-electron chi connectivity index (χ2n) is 5.79. The van der Waals surface area contributed by atoms with Gasteiger partial charge in [0.2, 0.25) is 0 Å². The third-order valence-corrected chi connectivity index (χ3v) is 7.90. The molecular formula is C20H16Br2O3. The molecule has 1 aliphatic carbocycles. The summed E-state index contributed by atoms with van der Waals surface area (Å²) in [4.78, 5) is 0. The van der Waals surface area contributed by atoms with Crippen LogP contribution < -0.4 is 0 Å². The van der Waals surface area contributed by atoms with Crippen LogP contribution >= 0.6 is 31.9 Å². The normalized spacial score (nSPS) is 25.8. The van der Waals surface area contributed by atoms with Gasteiger partial charge >= 0.3 is 0 Å². The summed E-state index contributed by atoms with van der Waals surface area (Å²) >= 11 is 7.60. The number of phenolic OH excluding ortho intramolecular Hbond substituents is 2. The minimum Gasteiger partial charge on any atom is -0.510 e. The first-order chi connectivity index (χ1) is 11.8. The number of aliphatic hydroxyl groups is 1. The van der Waals surface area contributed by atoms with Gasteiger partial charge < -0.3 is 15.3 Å². The summed E-state index contributed by atoms with van der Waals surface area (Å²) in [5, 5.41) is 30.1. The molecule has 0 radical (unpaired) electrons. The third-order valence-electron chi connectivity index (χ3n) is 4.40. The summed E-state index contributed by atoms with van der Waals surface area (Å²) in [6.07, 6.45) is 5.14. The van der Waals surface area contributed by atoms with Crippen molar-refractivity contribution in [2.24, 2.45) is 0 Å². The maximum absolute atomic E-state index is 10.8. The Morgan fingerprint density at radius 2 is 1.16 bits per heavy atom. The highest BCUT2D eigenvalue weighted by molar-refractivity contribution is 9.12. The molecule has 2 atom stereocenters. The van der Waals surface area contributed by atoms with Crippen LogP contribution in [0.4, 0.5) is 0 Å². The van der Waals surface area contributed by atoms with Crippen molar-refractivity contribution in [3.05, 3.63) is 95.8 Å². The fourth-order valence-electron chi connectivity index (χ4n) is 3.08. The zero-order valence-electron chi connectivity index (χ0n) is 13.2. The average molecular weight is 464 g/mol. The lowest BCUT2D eigenvalue weighted by Gasteiger charge is -2.46. The summed E-state index contributed by atoms with van der Waals surface area (Å²) in [7, 11) is 0. The molecule has 5 heteroatoms. The maximum Gasteiger partial charge on any atom is 0.131 e. The molecule has 0 amide bonds. The average Bonchev–Trinajstić information content (AvgIpc) is 2.61. The number of halogens is 2. The topological polar surface area (TPSA) is 60.7 Å². The Bertz CT molecular complexity index is 869. The Morgan fingerprint density at radius 1 is 0.720 bits per heavy atom. The van der Waals surface area contributed by atoms with E-state index >= 15 is 0 Å². The van der Waals surface area contributed by atoms with Gasteiger partial charge in [0, 0.05) is 0 Å². The summed E-state index contributed by atoms with van der Waals surface area (Å²) < 4.78 is -1.92. The molecule has 128 valence electrons. The van der Waals surface area contributed by atoms with E-state index in [1.807, 2.05) is 0 Å². The number of aliphatic hydroxyl groups excluding tert-OH is 1. The number of benzene rings is 2. The van der Waals surface area contributed by atoms with Gasteiger partial charge in [-0.3, -0.25) is 0 Å². The number of allylic oxidation sites excluding steroid dienone is 5. The molecule has 0 heterocycles. The second kappa shape index (κ2) is 6.39. The van der Waals surface area contributed by atoms with E-state index < -0.39 is 8.65 Å². The van der Waals surface area contributed by atoms with Crippen molar-refractivity contribution in [2.75, 3.05) is 0 Å². The van der Waals surface area contributed by atoms with Gasteiger partial charge in [-0.2, -0.15) is 0 Å². The Kier molecular flexibility index (Phi) is 4.56. The van der Waals surface area contributed by atoms with Gasteiger partial charge in [0.25, 0.3) is 0 Å². The molecule has 1 aliphatic rings. The van der Waals surface area contributed by atoms with Gasteiger partial charge in [-0.1, -0.05) is 74.9 Å². The van der Waals surface area contributed by atoms with E-state index in [4.69, 9.17) is 0 Å².